The summed E-state index contributed by atoms with van der Waals surface area (Å²) in [5.74, 6) is 2.33. The Hall–Kier alpha value is -2.34. The third-order valence-corrected chi connectivity index (χ3v) is 3.49. The maximum Gasteiger partial charge on any atom is 0.254 e. The van der Waals surface area contributed by atoms with E-state index in [1.54, 1.807) is 7.11 Å². The van der Waals surface area contributed by atoms with Crippen LogP contribution in [0.25, 0.3) is 11.5 Å². The zero-order valence-corrected chi connectivity index (χ0v) is 13.4. The minimum atomic E-state index is 0.221. The first-order valence-corrected chi connectivity index (χ1v) is 7.39. The summed E-state index contributed by atoms with van der Waals surface area (Å²) in [6.07, 6.45) is 0. The van der Waals surface area contributed by atoms with Crippen LogP contribution >= 0.6 is 15.9 Å². The van der Waals surface area contributed by atoms with Crippen molar-refractivity contribution >= 4 is 15.9 Å². The van der Waals surface area contributed by atoms with Crippen molar-refractivity contribution in [2.75, 3.05) is 7.11 Å². The van der Waals surface area contributed by atoms with E-state index in [1.807, 2.05) is 48.5 Å². The smallest absolute Gasteiger partial charge is 0.254 e. The largest absolute Gasteiger partial charge is 0.497 e. The summed E-state index contributed by atoms with van der Waals surface area (Å²) in [6, 6.07) is 15.0. The van der Waals surface area contributed by atoms with Gasteiger partial charge in [0.05, 0.1) is 7.11 Å². The first kappa shape index (κ1) is 14.6. The number of ether oxygens (including phenoxy) is 2. The van der Waals surface area contributed by atoms with Gasteiger partial charge in [0.25, 0.3) is 5.89 Å². The standard InChI is InChI=1S/C16H13BrN2O3/c1-20-14-4-2-3-11(9-14)16-19-18-15(22-16)10-21-13-7-5-12(17)6-8-13/h2-9H,10H2,1H3. The second-order valence-corrected chi connectivity index (χ2v) is 5.39. The fourth-order valence-electron chi connectivity index (χ4n) is 1.86. The summed E-state index contributed by atoms with van der Waals surface area (Å²) in [5.41, 5.74) is 0.807. The van der Waals surface area contributed by atoms with Crippen molar-refractivity contribution in [3.63, 3.8) is 0 Å². The molecule has 3 aromatic rings. The molecule has 0 amide bonds. The Morgan fingerprint density at radius 2 is 1.86 bits per heavy atom. The van der Waals surface area contributed by atoms with E-state index < -0.39 is 0 Å². The average Bonchev–Trinajstić information content (AvgIpc) is 3.03. The van der Waals surface area contributed by atoms with Gasteiger partial charge in [-0.05, 0) is 42.5 Å². The molecule has 6 heteroatoms. The number of hydrogen-bond acceptors (Lipinski definition) is 5. The van der Waals surface area contributed by atoms with Crippen LogP contribution in [0.15, 0.2) is 57.4 Å². The van der Waals surface area contributed by atoms with Gasteiger partial charge in [0.15, 0.2) is 6.61 Å². The summed E-state index contributed by atoms with van der Waals surface area (Å²) >= 11 is 3.38. The van der Waals surface area contributed by atoms with Crippen molar-refractivity contribution in [1.29, 1.82) is 0 Å². The van der Waals surface area contributed by atoms with E-state index in [1.165, 1.54) is 0 Å². The van der Waals surface area contributed by atoms with E-state index in [-0.39, 0.29) is 6.61 Å². The van der Waals surface area contributed by atoms with E-state index in [2.05, 4.69) is 26.1 Å². The number of methoxy groups -OCH3 is 1. The van der Waals surface area contributed by atoms with Crippen LogP contribution in [0.4, 0.5) is 0 Å². The van der Waals surface area contributed by atoms with Crippen LogP contribution in [0.5, 0.6) is 11.5 Å². The van der Waals surface area contributed by atoms with Crippen LogP contribution in [0, 0.1) is 0 Å². The van der Waals surface area contributed by atoms with Crippen LogP contribution in [0.2, 0.25) is 0 Å². The Bertz CT molecular complexity index is 756. The Kier molecular flexibility index (Phi) is 4.39. The van der Waals surface area contributed by atoms with Crippen molar-refractivity contribution in [2.45, 2.75) is 6.61 Å². The molecular formula is C16H13BrN2O3. The molecule has 22 heavy (non-hydrogen) atoms. The van der Waals surface area contributed by atoms with Crippen LogP contribution in [-0.4, -0.2) is 17.3 Å². The molecule has 112 valence electrons. The van der Waals surface area contributed by atoms with Gasteiger partial charge in [-0.15, -0.1) is 10.2 Å². The molecule has 1 aromatic heterocycles. The first-order valence-electron chi connectivity index (χ1n) is 6.60. The number of nitrogens with zero attached hydrogens (tertiary/aromatic N) is 2. The van der Waals surface area contributed by atoms with E-state index in [9.17, 15) is 0 Å². The van der Waals surface area contributed by atoms with E-state index >= 15 is 0 Å². The number of rotatable bonds is 5. The monoisotopic (exact) mass is 360 g/mol. The minimum Gasteiger partial charge on any atom is -0.497 e. The molecule has 3 rings (SSSR count). The van der Waals surface area contributed by atoms with E-state index in [0.29, 0.717) is 11.8 Å². The molecule has 0 saturated carbocycles. The highest BCUT2D eigenvalue weighted by atomic mass is 79.9. The highest BCUT2D eigenvalue weighted by Crippen LogP contribution is 2.23. The van der Waals surface area contributed by atoms with Crippen molar-refractivity contribution in [3.8, 4) is 23.0 Å². The van der Waals surface area contributed by atoms with Crippen LogP contribution < -0.4 is 9.47 Å². The van der Waals surface area contributed by atoms with Gasteiger partial charge < -0.3 is 13.9 Å². The molecule has 0 aliphatic rings. The number of halogens is 1. The van der Waals surface area contributed by atoms with Crippen LogP contribution in [0.1, 0.15) is 5.89 Å². The third-order valence-electron chi connectivity index (χ3n) is 2.96. The number of hydrogen-bond donors (Lipinski definition) is 0. The second-order valence-electron chi connectivity index (χ2n) is 4.48. The summed E-state index contributed by atoms with van der Waals surface area (Å²) in [6.45, 7) is 0.221. The Morgan fingerprint density at radius 1 is 1.05 bits per heavy atom. The average molecular weight is 361 g/mol. The van der Waals surface area contributed by atoms with Crippen LogP contribution in [0.3, 0.4) is 0 Å². The van der Waals surface area contributed by atoms with E-state index in [4.69, 9.17) is 13.9 Å². The molecule has 0 aliphatic heterocycles. The van der Waals surface area contributed by atoms with Crippen molar-refractivity contribution in [1.82, 2.24) is 10.2 Å². The molecule has 0 aliphatic carbocycles. The minimum absolute atomic E-state index is 0.221. The lowest BCUT2D eigenvalue weighted by molar-refractivity contribution is 0.264. The summed E-state index contributed by atoms with van der Waals surface area (Å²) in [7, 11) is 1.62. The van der Waals surface area contributed by atoms with Crippen molar-refractivity contribution in [3.05, 3.63) is 58.9 Å². The van der Waals surface area contributed by atoms with Gasteiger partial charge in [0.2, 0.25) is 5.89 Å². The van der Waals surface area contributed by atoms with Gasteiger partial charge in [-0.2, -0.15) is 0 Å². The molecule has 5 nitrogen and oxygen atoms in total. The molecule has 0 atom stereocenters. The van der Waals surface area contributed by atoms with Gasteiger partial charge in [-0.3, -0.25) is 0 Å². The molecular weight excluding hydrogens is 348 g/mol. The molecule has 0 spiro atoms. The molecule has 0 fully saturated rings. The van der Waals surface area contributed by atoms with E-state index in [0.717, 1.165) is 21.5 Å². The number of aromatic nitrogens is 2. The third kappa shape index (κ3) is 3.46. The SMILES string of the molecule is COc1cccc(-c2nnc(COc3ccc(Br)cc3)o2)c1. The molecule has 2 aromatic carbocycles. The summed E-state index contributed by atoms with van der Waals surface area (Å²) < 4.78 is 17.4. The maximum absolute atomic E-state index is 5.60. The maximum atomic E-state index is 5.60. The fourth-order valence-corrected chi connectivity index (χ4v) is 2.12. The van der Waals surface area contributed by atoms with Gasteiger partial charge in [0, 0.05) is 10.0 Å². The van der Waals surface area contributed by atoms with Gasteiger partial charge in [-0.25, -0.2) is 0 Å². The first-order chi connectivity index (χ1) is 10.7. The molecule has 0 radical (unpaired) electrons. The molecule has 1 heterocycles. The summed E-state index contributed by atoms with van der Waals surface area (Å²) in [4.78, 5) is 0. The lowest BCUT2D eigenvalue weighted by Gasteiger charge is -2.02. The van der Waals surface area contributed by atoms with Gasteiger partial charge in [0.1, 0.15) is 11.5 Å². The molecule has 0 N–H and O–H groups in total. The van der Waals surface area contributed by atoms with Gasteiger partial charge in [-0.1, -0.05) is 22.0 Å². The Balaban J connectivity index is 1.69. The Labute approximate surface area is 136 Å². The van der Waals surface area contributed by atoms with Crippen LogP contribution in [-0.2, 0) is 6.61 Å². The molecule has 0 bridgehead atoms. The zero-order chi connectivity index (χ0) is 15.4. The summed E-state index contributed by atoms with van der Waals surface area (Å²) in [5, 5.41) is 8.02. The quantitative estimate of drug-likeness (QED) is 0.685. The predicted molar refractivity (Wildman–Crippen MR) is 84.8 cm³/mol. The van der Waals surface area contributed by atoms with Crippen molar-refractivity contribution < 1.29 is 13.9 Å². The lowest BCUT2D eigenvalue weighted by atomic mass is 10.2. The van der Waals surface area contributed by atoms with Gasteiger partial charge >= 0.3 is 0 Å². The predicted octanol–water partition coefficient (Wildman–Crippen LogP) is 4.09. The molecule has 0 unspecified atom stereocenters. The topological polar surface area (TPSA) is 57.4 Å². The Morgan fingerprint density at radius 3 is 2.64 bits per heavy atom. The lowest BCUT2D eigenvalue weighted by Crippen LogP contribution is -1.95. The normalized spacial score (nSPS) is 10.5. The molecule has 0 saturated heterocycles. The number of benzene rings is 2. The van der Waals surface area contributed by atoms with Crippen molar-refractivity contribution in [2.24, 2.45) is 0 Å². The fraction of sp³-hybridized carbons (Fsp3) is 0.125. The highest BCUT2D eigenvalue weighted by Gasteiger charge is 2.10. The zero-order valence-electron chi connectivity index (χ0n) is 11.8. The highest BCUT2D eigenvalue weighted by molar-refractivity contribution is 9.10. The second kappa shape index (κ2) is 6.62.